The minimum Gasteiger partial charge on any atom is -0.478 e. The molecule has 1 rings (SSSR count). The maximum absolute atomic E-state index is 13.5. The number of hydrogen-bond acceptors (Lipinski definition) is 4. The zero-order valence-corrected chi connectivity index (χ0v) is 11.9. The van der Waals surface area contributed by atoms with Crippen LogP contribution in [0.1, 0.15) is 10.4 Å². The Hall–Kier alpha value is -1.56. The second-order valence-corrected chi connectivity index (χ2v) is 6.45. The van der Waals surface area contributed by atoms with Crippen LogP contribution in [0.3, 0.4) is 0 Å². The molecule has 8 heteroatoms. The number of carboxylic acids is 1. The number of carbonyl (C=O) groups is 1. The second kappa shape index (κ2) is 7.28. The molecule has 0 atom stereocenters. The fourth-order valence-corrected chi connectivity index (χ4v) is 3.07. The van der Waals surface area contributed by atoms with Gasteiger partial charge in [0, 0.05) is 12.3 Å². The third-order valence-electron chi connectivity index (χ3n) is 2.19. The Bertz CT molecular complexity index is 637. The van der Waals surface area contributed by atoms with E-state index in [1.165, 1.54) is 11.8 Å². The highest BCUT2D eigenvalue weighted by molar-refractivity contribution is 7.99. The Morgan fingerprint density at radius 1 is 1.50 bits per heavy atom. The van der Waals surface area contributed by atoms with Crippen molar-refractivity contribution < 1.29 is 22.7 Å². The SMILES string of the molecule is C#CCSCCNS(=O)(=O)c1cc(C(=O)O)ccc1F. The summed E-state index contributed by atoms with van der Waals surface area (Å²) in [5.41, 5.74) is -0.298. The number of terminal acetylenes is 1. The van der Waals surface area contributed by atoms with E-state index in [0.29, 0.717) is 11.5 Å². The molecule has 2 N–H and O–H groups in total. The minimum atomic E-state index is -4.09. The van der Waals surface area contributed by atoms with Crippen LogP contribution in [0.25, 0.3) is 0 Å². The van der Waals surface area contributed by atoms with Crippen molar-refractivity contribution in [2.24, 2.45) is 0 Å². The summed E-state index contributed by atoms with van der Waals surface area (Å²) in [7, 11) is -4.09. The van der Waals surface area contributed by atoms with Crippen LogP contribution in [-0.2, 0) is 10.0 Å². The van der Waals surface area contributed by atoms with Gasteiger partial charge in [0.15, 0.2) is 0 Å². The molecule has 0 spiro atoms. The first-order valence-corrected chi connectivity index (χ1v) is 8.06. The van der Waals surface area contributed by atoms with Gasteiger partial charge in [0.2, 0.25) is 10.0 Å². The quantitative estimate of drug-likeness (QED) is 0.582. The van der Waals surface area contributed by atoms with Gasteiger partial charge in [-0.15, -0.1) is 18.2 Å². The normalized spacial score (nSPS) is 11.0. The molecule has 0 radical (unpaired) electrons. The molecule has 0 aromatic heterocycles. The first-order chi connectivity index (χ1) is 9.38. The number of aromatic carboxylic acids is 1. The fraction of sp³-hybridized carbons (Fsp3) is 0.250. The molecule has 0 fully saturated rings. The number of rotatable bonds is 7. The molecular formula is C12H12FNO4S2. The molecule has 0 bridgehead atoms. The summed E-state index contributed by atoms with van der Waals surface area (Å²) in [6, 6.07) is 2.60. The molecule has 0 aliphatic heterocycles. The van der Waals surface area contributed by atoms with Crippen LogP contribution in [-0.4, -0.2) is 37.5 Å². The molecule has 0 unspecified atom stereocenters. The van der Waals surface area contributed by atoms with E-state index in [0.717, 1.165) is 18.2 Å². The molecule has 0 heterocycles. The largest absolute Gasteiger partial charge is 0.478 e. The van der Waals surface area contributed by atoms with Crippen molar-refractivity contribution in [2.75, 3.05) is 18.1 Å². The van der Waals surface area contributed by atoms with Gasteiger partial charge in [0.05, 0.1) is 11.3 Å². The van der Waals surface area contributed by atoms with Gasteiger partial charge in [-0.25, -0.2) is 22.3 Å². The van der Waals surface area contributed by atoms with E-state index >= 15 is 0 Å². The molecular weight excluding hydrogens is 305 g/mol. The lowest BCUT2D eigenvalue weighted by molar-refractivity contribution is 0.0696. The minimum absolute atomic E-state index is 0.0748. The van der Waals surface area contributed by atoms with Crippen molar-refractivity contribution in [3.8, 4) is 12.3 Å². The van der Waals surface area contributed by atoms with Crippen LogP contribution in [0.4, 0.5) is 4.39 Å². The predicted octanol–water partition coefficient (Wildman–Crippen LogP) is 1.17. The summed E-state index contributed by atoms with van der Waals surface area (Å²) in [5.74, 6) is 0.941. The molecule has 0 saturated carbocycles. The van der Waals surface area contributed by atoms with E-state index < -0.39 is 26.7 Å². The van der Waals surface area contributed by atoms with Crippen LogP contribution in [0.5, 0.6) is 0 Å². The first kappa shape index (κ1) is 16.5. The molecule has 0 aliphatic carbocycles. The van der Waals surface area contributed by atoms with Crippen molar-refractivity contribution in [3.05, 3.63) is 29.6 Å². The van der Waals surface area contributed by atoms with Crippen molar-refractivity contribution >= 4 is 27.8 Å². The average molecular weight is 317 g/mol. The van der Waals surface area contributed by atoms with Crippen molar-refractivity contribution in [3.63, 3.8) is 0 Å². The zero-order valence-electron chi connectivity index (χ0n) is 10.3. The number of nitrogens with one attached hydrogen (secondary N) is 1. The third kappa shape index (κ3) is 4.52. The Labute approximate surface area is 120 Å². The average Bonchev–Trinajstić information content (AvgIpc) is 2.38. The molecule has 20 heavy (non-hydrogen) atoms. The van der Waals surface area contributed by atoms with Crippen LogP contribution in [0.2, 0.25) is 0 Å². The lowest BCUT2D eigenvalue weighted by Gasteiger charge is -2.08. The summed E-state index contributed by atoms with van der Waals surface area (Å²) in [6.07, 6.45) is 5.04. The molecule has 0 saturated heterocycles. The maximum Gasteiger partial charge on any atom is 0.335 e. The monoisotopic (exact) mass is 317 g/mol. The Balaban J connectivity index is 2.84. The lowest BCUT2D eigenvalue weighted by Crippen LogP contribution is -2.27. The Kier molecular flexibility index (Phi) is 6.01. The lowest BCUT2D eigenvalue weighted by atomic mass is 10.2. The number of thioether (sulfide) groups is 1. The molecule has 0 amide bonds. The predicted molar refractivity (Wildman–Crippen MR) is 74.7 cm³/mol. The molecule has 0 aliphatic rings. The number of carboxylic acid groups (broad SMARTS) is 1. The zero-order chi connectivity index (χ0) is 15.2. The topological polar surface area (TPSA) is 83.5 Å². The number of benzene rings is 1. The van der Waals surface area contributed by atoms with Crippen molar-refractivity contribution in [1.82, 2.24) is 4.72 Å². The van der Waals surface area contributed by atoms with Gasteiger partial charge in [-0.1, -0.05) is 5.92 Å². The highest BCUT2D eigenvalue weighted by Crippen LogP contribution is 2.16. The standard InChI is InChI=1S/C12H12FNO4S2/c1-2-6-19-7-5-14-20(17,18)11-8-9(12(15)16)3-4-10(11)13/h1,3-4,8,14H,5-7H2,(H,15,16). The van der Waals surface area contributed by atoms with E-state index in [1.807, 2.05) is 0 Å². The van der Waals surface area contributed by atoms with Crippen LogP contribution in [0, 0.1) is 18.2 Å². The smallest absolute Gasteiger partial charge is 0.335 e. The van der Waals surface area contributed by atoms with E-state index in [-0.39, 0.29) is 12.1 Å². The number of sulfonamides is 1. The molecule has 1 aromatic carbocycles. The Morgan fingerprint density at radius 3 is 2.80 bits per heavy atom. The number of hydrogen-bond donors (Lipinski definition) is 2. The van der Waals surface area contributed by atoms with Gasteiger partial charge in [-0.3, -0.25) is 0 Å². The highest BCUT2D eigenvalue weighted by Gasteiger charge is 2.20. The molecule has 5 nitrogen and oxygen atoms in total. The van der Waals surface area contributed by atoms with E-state index in [2.05, 4.69) is 10.6 Å². The maximum atomic E-state index is 13.5. The van der Waals surface area contributed by atoms with Gasteiger partial charge >= 0.3 is 5.97 Å². The van der Waals surface area contributed by atoms with Gasteiger partial charge in [-0.05, 0) is 18.2 Å². The summed E-state index contributed by atoms with van der Waals surface area (Å²) in [5, 5.41) is 8.78. The Morgan fingerprint density at radius 2 is 2.20 bits per heavy atom. The fourth-order valence-electron chi connectivity index (χ4n) is 1.30. The van der Waals surface area contributed by atoms with E-state index in [4.69, 9.17) is 11.5 Å². The second-order valence-electron chi connectivity index (χ2n) is 3.60. The van der Waals surface area contributed by atoms with Crippen molar-refractivity contribution in [2.45, 2.75) is 4.90 Å². The third-order valence-corrected chi connectivity index (χ3v) is 4.53. The van der Waals surface area contributed by atoms with Gasteiger partial charge in [0.1, 0.15) is 10.7 Å². The molecule has 108 valence electrons. The van der Waals surface area contributed by atoms with Crippen LogP contribution >= 0.6 is 11.8 Å². The van der Waals surface area contributed by atoms with Gasteiger partial charge < -0.3 is 5.11 Å². The van der Waals surface area contributed by atoms with E-state index in [1.54, 1.807) is 0 Å². The first-order valence-electron chi connectivity index (χ1n) is 5.42. The summed E-state index contributed by atoms with van der Waals surface area (Å²) < 4.78 is 39.4. The van der Waals surface area contributed by atoms with Gasteiger partial charge in [0.25, 0.3) is 0 Å². The molecule has 1 aromatic rings. The summed E-state index contributed by atoms with van der Waals surface area (Å²) in [6.45, 7) is 0.0748. The van der Waals surface area contributed by atoms with Gasteiger partial charge in [-0.2, -0.15) is 0 Å². The van der Waals surface area contributed by atoms with E-state index in [9.17, 15) is 17.6 Å². The summed E-state index contributed by atoms with van der Waals surface area (Å²) in [4.78, 5) is 10.1. The van der Waals surface area contributed by atoms with Crippen LogP contribution in [0.15, 0.2) is 23.1 Å². The van der Waals surface area contributed by atoms with Crippen molar-refractivity contribution in [1.29, 1.82) is 0 Å². The number of halogens is 1. The van der Waals surface area contributed by atoms with Crippen LogP contribution < -0.4 is 4.72 Å². The summed E-state index contributed by atoms with van der Waals surface area (Å²) >= 11 is 1.35. The highest BCUT2D eigenvalue weighted by atomic mass is 32.2.